The first-order chi connectivity index (χ1) is 11.3. The van der Waals surface area contributed by atoms with Crippen molar-refractivity contribution in [2.75, 3.05) is 13.6 Å². The van der Waals surface area contributed by atoms with E-state index in [1.54, 1.807) is 13.1 Å². The lowest BCUT2D eigenvalue weighted by molar-refractivity contribution is -0.0527. The lowest BCUT2D eigenvalue weighted by Crippen LogP contribution is -2.43. The SMILES string of the molecule is CNCc1cc([C@@H]2CC3(CC3)[C@@H]3CN2C(=O)N3OS(=O)(=O)O)no1. The molecule has 1 saturated carbocycles. The standard InChI is InChI=1S/C13H18N4O6S/c1-14-6-8-4-9(15-22-8)10-5-13(2-3-13)11-7-16(10)12(18)17(11)23-24(19,20)21/h4,10-11,14H,2-3,5-7H2,1H3,(H,19,20,21)/t10-,11-/m0/s1. The van der Waals surface area contributed by atoms with Crippen molar-refractivity contribution in [2.45, 2.75) is 37.9 Å². The molecule has 2 atom stereocenters. The van der Waals surface area contributed by atoms with Crippen LogP contribution >= 0.6 is 0 Å². The third kappa shape index (κ3) is 2.48. The van der Waals surface area contributed by atoms with Gasteiger partial charge in [-0.05, 0) is 31.7 Å². The Morgan fingerprint density at radius 2 is 2.29 bits per heavy atom. The highest BCUT2D eigenvalue weighted by atomic mass is 32.3. The van der Waals surface area contributed by atoms with Gasteiger partial charge in [-0.15, -0.1) is 4.28 Å². The second kappa shape index (κ2) is 5.15. The number of amides is 2. The lowest BCUT2D eigenvalue weighted by atomic mass is 9.84. The van der Waals surface area contributed by atoms with Gasteiger partial charge in [-0.3, -0.25) is 4.55 Å². The van der Waals surface area contributed by atoms with Crippen LogP contribution in [0, 0.1) is 5.41 Å². The Balaban J connectivity index is 1.64. The highest BCUT2D eigenvalue weighted by molar-refractivity contribution is 7.80. The summed E-state index contributed by atoms with van der Waals surface area (Å²) >= 11 is 0. The molecule has 1 aliphatic carbocycles. The molecule has 3 aliphatic rings. The molecule has 24 heavy (non-hydrogen) atoms. The summed E-state index contributed by atoms with van der Waals surface area (Å²) in [6, 6.07) is 0.550. The van der Waals surface area contributed by atoms with Crippen LogP contribution in [-0.2, 0) is 21.2 Å². The van der Waals surface area contributed by atoms with E-state index in [0.717, 1.165) is 17.9 Å². The quantitative estimate of drug-likeness (QED) is 0.727. The molecule has 2 saturated heterocycles. The molecule has 1 spiro atoms. The molecule has 0 aromatic carbocycles. The van der Waals surface area contributed by atoms with Gasteiger partial charge in [0, 0.05) is 12.6 Å². The minimum atomic E-state index is -4.75. The molecule has 11 heteroatoms. The van der Waals surface area contributed by atoms with Crippen molar-refractivity contribution in [3.05, 3.63) is 17.5 Å². The van der Waals surface area contributed by atoms with E-state index in [-0.39, 0.29) is 17.5 Å². The summed E-state index contributed by atoms with van der Waals surface area (Å²) in [7, 11) is -2.96. The summed E-state index contributed by atoms with van der Waals surface area (Å²) < 4.78 is 40.9. The maximum atomic E-state index is 12.6. The normalized spacial score (nSPS) is 28.0. The molecular weight excluding hydrogens is 340 g/mol. The van der Waals surface area contributed by atoms with Gasteiger partial charge in [0.1, 0.15) is 5.69 Å². The number of nitrogens with one attached hydrogen (secondary N) is 1. The molecule has 132 valence electrons. The average molecular weight is 358 g/mol. The van der Waals surface area contributed by atoms with Crippen LogP contribution in [0.2, 0.25) is 0 Å². The van der Waals surface area contributed by atoms with E-state index < -0.39 is 16.4 Å². The number of hydrogen-bond acceptors (Lipinski definition) is 7. The molecule has 0 radical (unpaired) electrons. The molecule has 1 aromatic heterocycles. The Morgan fingerprint density at radius 3 is 2.92 bits per heavy atom. The van der Waals surface area contributed by atoms with Crippen molar-refractivity contribution in [1.29, 1.82) is 0 Å². The molecule has 2 N–H and O–H groups in total. The molecule has 3 fully saturated rings. The zero-order valence-electron chi connectivity index (χ0n) is 13.0. The van der Waals surface area contributed by atoms with Crippen molar-refractivity contribution in [1.82, 2.24) is 20.4 Å². The van der Waals surface area contributed by atoms with Crippen LogP contribution < -0.4 is 5.32 Å². The predicted octanol–water partition coefficient (Wildman–Crippen LogP) is 0.460. The highest BCUT2D eigenvalue weighted by Crippen LogP contribution is 2.61. The van der Waals surface area contributed by atoms with E-state index in [9.17, 15) is 13.2 Å². The number of urea groups is 1. The van der Waals surface area contributed by atoms with Crippen molar-refractivity contribution in [3.8, 4) is 0 Å². The van der Waals surface area contributed by atoms with Gasteiger partial charge in [0.25, 0.3) is 0 Å². The van der Waals surface area contributed by atoms with Gasteiger partial charge >= 0.3 is 16.4 Å². The fourth-order valence-electron chi connectivity index (χ4n) is 3.82. The van der Waals surface area contributed by atoms with Gasteiger partial charge in [0.05, 0.1) is 18.6 Å². The monoisotopic (exact) mass is 358 g/mol. The second-order valence-electron chi connectivity index (χ2n) is 6.61. The summed E-state index contributed by atoms with van der Waals surface area (Å²) in [5.74, 6) is 0.664. The number of hydroxylamine groups is 2. The van der Waals surface area contributed by atoms with E-state index in [1.807, 2.05) is 0 Å². The third-order valence-electron chi connectivity index (χ3n) is 5.11. The zero-order valence-corrected chi connectivity index (χ0v) is 13.8. The fourth-order valence-corrected chi connectivity index (χ4v) is 4.19. The van der Waals surface area contributed by atoms with Gasteiger partial charge in [-0.1, -0.05) is 5.16 Å². The first kappa shape index (κ1) is 15.8. The summed E-state index contributed by atoms with van der Waals surface area (Å²) in [4.78, 5) is 14.1. The Labute approximate surface area is 138 Å². The van der Waals surface area contributed by atoms with E-state index in [1.165, 1.54) is 4.90 Å². The second-order valence-corrected chi connectivity index (χ2v) is 7.61. The summed E-state index contributed by atoms with van der Waals surface area (Å²) in [6.45, 7) is 0.868. The maximum absolute atomic E-state index is 12.6. The van der Waals surface area contributed by atoms with E-state index in [0.29, 0.717) is 31.0 Å². The molecule has 4 rings (SSSR count). The molecule has 10 nitrogen and oxygen atoms in total. The Kier molecular flexibility index (Phi) is 3.39. The number of carbonyl (C=O) groups is 1. The zero-order chi connectivity index (χ0) is 17.1. The average Bonchev–Trinajstić information content (AvgIpc) is 3.00. The Morgan fingerprint density at radius 1 is 1.54 bits per heavy atom. The maximum Gasteiger partial charge on any atom is 0.418 e. The molecule has 2 amide bonds. The fraction of sp³-hybridized carbons (Fsp3) is 0.692. The van der Waals surface area contributed by atoms with Crippen LogP contribution in [0.5, 0.6) is 0 Å². The largest absolute Gasteiger partial charge is 0.418 e. The molecular formula is C13H18N4O6S. The number of hydrogen-bond donors (Lipinski definition) is 2. The topological polar surface area (TPSA) is 125 Å². The first-order valence-corrected chi connectivity index (χ1v) is 9.06. The number of rotatable bonds is 5. The van der Waals surface area contributed by atoms with Crippen LogP contribution in [-0.4, -0.2) is 53.8 Å². The van der Waals surface area contributed by atoms with Gasteiger partial charge in [0.2, 0.25) is 0 Å². The molecule has 2 bridgehead atoms. The molecule has 0 unspecified atom stereocenters. The summed E-state index contributed by atoms with van der Waals surface area (Å²) in [5.41, 5.74) is 0.451. The van der Waals surface area contributed by atoms with Crippen molar-refractivity contribution >= 4 is 16.4 Å². The predicted molar refractivity (Wildman–Crippen MR) is 78.7 cm³/mol. The lowest BCUT2D eigenvalue weighted by Gasteiger charge is -2.35. The molecule has 3 heterocycles. The van der Waals surface area contributed by atoms with E-state index in [4.69, 9.17) is 9.08 Å². The van der Waals surface area contributed by atoms with Crippen LogP contribution in [0.15, 0.2) is 10.6 Å². The number of nitrogens with zero attached hydrogens (tertiary/aromatic N) is 3. The van der Waals surface area contributed by atoms with Crippen LogP contribution in [0.4, 0.5) is 4.79 Å². The number of fused-ring (bicyclic) bond motifs is 3. The summed E-state index contributed by atoms with van der Waals surface area (Å²) in [5, 5.41) is 7.84. The highest BCUT2D eigenvalue weighted by Gasteiger charge is 2.64. The minimum absolute atomic E-state index is 0.194. The van der Waals surface area contributed by atoms with Gasteiger partial charge in [-0.2, -0.15) is 13.5 Å². The van der Waals surface area contributed by atoms with E-state index >= 15 is 0 Å². The van der Waals surface area contributed by atoms with Gasteiger partial charge in [0.15, 0.2) is 5.76 Å². The minimum Gasteiger partial charge on any atom is -0.360 e. The van der Waals surface area contributed by atoms with Crippen molar-refractivity contribution in [3.63, 3.8) is 0 Å². The number of carbonyl (C=O) groups excluding carboxylic acids is 1. The molecule has 1 aromatic rings. The Hall–Kier alpha value is -1.69. The first-order valence-electron chi connectivity index (χ1n) is 7.70. The van der Waals surface area contributed by atoms with Crippen molar-refractivity contribution < 1.29 is 26.6 Å². The third-order valence-corrected chi connectivity index (χ3v) is 5.46. The Bertz CT molecular complexity index is 773. The summed E-state index contributed by atoms with van der Waals surface area (Å²) in [6.07, 6.45) is 2.42. The van der Waals surface area contributed by atoms with E-state index in [2.05, 4.69) is 14.8 Å². The van der Waals surface area contributed by atoms with Gasteiger partial charge < -0.3 is 14.7 Å². The van der Waals surface area contributed by atoms with Crippen molar-refractivity contribution in [2.24, 2.45) is 5.41 Å². The number of aromatic nitrogens is 1. The van der Waals surface area contributed by atoms with Crippen LogP contribution in [0.1, 0.15) is 36.8 Å². The smallest absolute Gasteiger partial charge is 0.360 e. The number of piperidine rings is 1. The van der Waals surface area contributed by atoms with Crippen LogP contribution in [0.25, 0.3) is 0 Å². The van der Waals surface area contributed by atoms with Gasteiger partial charge in [-0.25, -0.2) is 4.79 Å². The molecule has 2 aliphatic heterocycles. The van der Waals surface area contributed by atoms with Crippen LogP contribution in [0.3, 0.4) is 0 Å².